The summed E-state index contributed by atoms with van der Waals surface area (Å²) in [6, 6.07) is 1.62. The topological polar surface area (TPSA) is 12.0 Å². The lowest BCUT2D eigenvalue weighted by molar-refractivity contribution is 0.259. The molecule has 1 N–H and O–H groups in total. The van der Waals surface area contributed by atoms with Gasteiger partial charge in [0, 0.05) is 12.1 Å². The van der Waals surface area contributed by atoms with Crippen LogP contribution in [0, 0.1) is 11.8 Å². The quantitative estimate of drug-likeness (QED) is 0.725. The van der Waals surface area contributed by atoms with Gasteiger partial charge in [-0.25, -0.2) is 0 Å². The predicted octanol–water partition coefficient (Wildman–Crippen LogP) is 3.34. The van der Waals surface area contributed by atoms with Crippen molar-refractivity contribution in [3.05, 3.63) is 0 Å². The Hall–Kier alpha value is -0.0400. The van der Waals surface area contributed by atoms with Crippen LogP contribution in [-0.4, -0.2) is 12.1 Å². The zero-order valence-electron chi connectivity index (χ0n) is 9.76. The smallest absolute Gasteiger partial charge is 0.00722 e. The number of hydrogen-bond acceptors (Lipinski definition) is 1. The van der Waals surface area contributed by atoms with E-state index in [0.717, 1.165) is 23.9 Å². The van der Waals surface area contributed by atoms with Gasteiger partial charge in [-0.1, -0.05) is 26.2 Å². The van der Waals surface area contributed by atoms with E-state index in [9.17, 15) is 0 Å². The minimum absolute atomic E-state index is 0.788. The molecular weight excluding hydrogens is 170 g/mol. The third-order valence-corrected chi connectivity index (χ3v) is 4.19. The van der Waals surface area contributed by atoms with Gasteiger partial charge in [0.15, 0.2) is 0 Å². The molecule has 0 saturated heterocycles. The zero-order valence-corrected chi connectivity index (χ0v) is 9.76. The van der Waals surface area contributed by atoms with Gasteiger partial charge in [-0.3, -0.25) is 0 Å². The van der Waals surface area contributed by atoms with Crippen molar-refractivity contribution in [2.45, 2.75) is 70.9 Å². The molecule has 2 aliphatic carbocycles. The maximum Gasteiger partial charge on any atom is 0.00722 e. The van der Waals surface area contributed by atoms with Crippen molar-refractivity contribution in [3.8, 4) is 0 Å². The van der Waals surface area contributed by atoms with Gasteiger partial charge in [0.25, 0.3) is 0 Å². The van der Waals surface area contributed by atoms with Gasteiger partial charge >= 0.3 is 0 Å². The third-order valence-electron chi connectivity index (χ3n) is 4.19. The summed E-state index contributed by atoms with van der Waals surface area (Å²) < 4.78 is 0. The first kappa shape index (κ1) is 10.5. The molecule has 0 aromatic heterocycles. The minimum atomic E-state index is 0.788. The summed E-state index contributed by atoms with van der Waals surface area (Å²) in [4.78, 5) is 0. The maximum absolute atomic E-state index is 3.85. The van der Waals surface area contributed by atoms with E-state index in [1.165, 1.54) is 44.9 Å². The monoisotopic (exact) mass is 195 g/mol. The zero-order chi connectivity index (χ0) is 9.97. The Kier molecular flexibility index (Phi) is 3.48. The summed E-state index contributed by atoms with van der Waals surface area (Å²) in [5.74, 6) is 2.02. The molecule has 0 aromatic rings. The van der Waals surface area contributed by atoms with Crippen LogP contribution in [0.5, 0.6) is 0 Å². The van der Waals surface area contributed by atoms with Crippen LogP contribution in [-0.2, 0) is 0 Å². The molecule has 2 aliphatic rings. The van der Waals surface area contributed by atoms with E-state index in [2.05, 4.69) is 19.2 Å². The Morgan fingerprint density at radius 2 is 2.00 bits per heavy atom. The van der Waals surface area contributed by atoms with Crippen molar-refractivity contribution < 1.29 is 0 Å². The van der Waals surface area contributed by atoms with Gasteiger partial charge in [-0.05, 0) is 44.4 Å². The molecule has 0 amide bonds. The van der Waals surface area contributed by atoms with Crippen molar-refractivity contribution in [1.29, 1.82) is 0 Å². The van der Waals surface area contributed by atoms with Crippen LogP contribution >= 0.6 is 0 Å². The third kappa shape index (κ3) is 2.73. The van der Waals surface area contributed by atoms with Gasteiger partial charge in [0.2, 0.25) is 0 Å². The fraction of sp³-hybridized carbons (Fsp3) is 1.00. The molecule has 0 bridgehead atoms. The summed E-state index contributed by atoms with van der Waals surface area (Å²) in [7, 11) is 0. The molecule has 82 valence electrons. The first-order valence-corrected chi connectivity index (χ1v) is 6.55. The van der Waals surface area contributed by atoms with Gasteiger partial charge in [0.1, 0.15) is 0 Å². The van der Waals surface area contributed by atoms with Gasteiger partial charge < -0.3 is 5.32 Å². The highest BCUT2D eigenvalue weighted by Gasteiger charge is 2.30. The largest absolute Gasteiger partial charge is 0.311 e. The van der Waals surface area contributed by atoms with Crippen LogP contribution < -0.4 is 5.32 Å². The van der Waals surface area contributed by atoms with E-state index in [1.807, 2.05) is 0 Å². The summed E-state index contributed by atoms with van der Waals surface area (Å²) in [5, 5.41) is 3.85. The number of rotatable bonds is 4. The van der Waals surface area contributed by atoms with Crippen LogP contribution in [0.3, 0.4) is 0 Å². The molecule has 2 rings (SSSR count). The lowest BCUT2D eigenvalue weighted by atomic mass is 9.84. The first-order valence-electron chi connectivity index (χ1n) is 6.55. The molecule has 1 heteroatoms. The highest BCUT2D eigenvalue weighted by atomic mass is 15.0. The highest BCUT2D eigenvalue weighted by molar-refractivity contribution is 4.87. The molecule has 0 aromatic carbocycles. The van der Waals surface area contributed by atoms with E-state index < -0.39 is 0 Å². The van der Waals surface area contributed by atoms with Crippen molar-refractivity contribution in [3.63, 3.8) is 0 Å². The molecule has 2 saturated carbocycles. The van der Waals surface area contributed by atoms with Gasteiger partial charge in [-0.2, -0.15) is 0 Å². The SMILES string of the molecule is CCC1CCCC(NC(C)C2CC2)C1. The lowest BCUT2D eigenvalue weighted by Crippen LogP contribution is -2.40. The Morgan fingerprint density at radius 1 is 1.21 bits per heavy atom. The molecule has 3 unspecified atom stereocenters. The van der Waals surface area contributed by atoms with Crippen LogP contribution in [0.1, 0.15) is 58.8 Å². The molecule has 0 radical (unpaired) electrons. The molecule has 0 aliphatic heterocycles. The van der Waals surface area contributed by atoms with Crippen LogP contribution in [0.2, 0.25) is 0 Å². The molecule has 1 nitrogen and oxygen atoms in total. The van der Waals surface area contributed by atoms with Crippen molar-refractivity contribution in [1.82, 2.24) is 5.32 Å². The molecule has 0 spiro atoms. The van der Waals surface area contributed by atoms with E-state index in [1.54, 1.807) is 0 Å². The molecule has 2 fully saturated rings. The molecule has 3 atom stereocenters. The standard InChI is InChI=1S/C13H25N/c1-3-11-5-4-6-13(9-11)14-10(2)12-7-8-12/h10-14H,3-9H2,1-2H3. The van der Waals surface area contributed by atoms with Crippen LogP contribution in [0.25, 0.3) is 0 Å². The van der Waals surface area contributed by atoms with Gasteiger partial charge in [0.05, 0.1) is 0 Å². The normalized spacial score (nSPS) is 35.6. The lowest BCUT2D eigenvalue weighted by Gasteiger charge is -2.31. The second-order valence-corrected chi connectivity index (χ2v) is 5.43. The Labute approximate surface area is 88.7 Å². The second-order valence-electron chi connectivity index (χ2n) is 5.43. The fourth-order valence-electron chi connectivity index (χ4n) is 2.92. The van der Waals surface area contributed by atoms with E-state index in [-0.39, 0.29) is 0 Å². The summed E-state index contributed by atoms with van der Waals surface area (Å²) in [6.07, 6.45) is 10.1. The minimum Gasteiger partial charge on any atom is -0.311 e. The van der Waals surface area contributed by atoms with Crippen molar-refractivity contribution in [2.24, 2.45) is 11.8 Å². The number of nitrogens with one attached hydrogen (secondary N) is 1. The maximum atomic E-state index is 3.85. The Bertz CT molecular complexity index is 174. The van der Waals surface area contributed by atoms with Crippen molar-refractivity contribution >= 4 is 0 Å². The highest BCUT2D eigenvalue weighted by Crippen LogP contribution is 2.34. The van der Waals surface area contributed by atoms with Crippen LogP contribution in [0.15, 0.2) is 0 Å². The average molecular weight is 195 g/mol. The predicted molar refractivity (Wildman–Crippen MR) is 61.4 cm³/mol. The Balaban J connectivity index is 1.73. The van der Waals surface area contributed by atoms with Crippen LogP contribution in [0.4, 0.5) is 0 Å². The first-order chi connectivity index (χ1) is 6.79. The summed E-state index contributed by atoms with van der Waals surface area (Å²) >= 11 is 0. The number of hydrogen-bond donors (Lipinski definition) is 1. The average Bonchev–Trinajstić information content (AvgIpc) is 3.01. The summed E-state index contributed by atoms with van der Waals surface area (Å²) in [6.45, 7) is 4.73. The van der Waals surface area contributed by atoms with E-state index >= 15 is 0 Å². The van der Waals surface area contributed by atoms with E-state index in [0.29, 0.717) is 0 Å². The molecule has 14 heavy (non-hydrogen) atoms. The second kappa shape index (κ2) is 4.65. The molecule has 0 heterocycles. The van der Waals surface area contributed by atoms with Crippen molar-refractivity contribution in [2.75, 3.05) is 0 Å². The molecular formula is C13H25N. The van der Waals surface area contributed by atoms with Gasteiger partial charge in [-0.15, -0.1) is 0 Å². The summed E-state index contributed by atoms with van der Waals surface area (Å²) in [5.41, 5.74) is 0. The Morgan fingerprint density at radius 3 is 2.64 bits per heavy atom. The van der Waals surface area contributed by atoms with E-state index in [4.69, 9.17) is 0 Å². The fourth-order valence-corrected chi connectivity index (χ4v) is 2.92.